The van der Waals surface area contributed by atoms with Gasteiger partial charge in [-0.1, -0.05) is 24.3 Å². The number of hydrogen-bond donors (Lipinski definition) is 0. The Balaban J connectivity index is 2.63. The number of halogens is 2. The molecule has 1 aromatic heterocycles. The van der Waals surface area contributed by atoms with Crippen molar-refractivity contribution in [1.29, 1.82) is 0 Å². The molecule has 0 saturated heterocycles. The number of rotatable bonds is 0. The first kappa shape index (κ1) is 8.80. The highest BCUT2D eigenvalue weighted by atomic mass is 32.1. The summed E-state index contributed by atoms with van der Waals surface area (Å²) in [5.41, 5.74) is 0. The van der Waals surface area contributed by atoms with E-state index in [9.17, 15) is 8.78 Å². The molecule has 0 atom stereocenters. The molecule has 1 heterocycles. The summed E-state index contributed by atoms with van der Waals surface area (Å²) >= 11 is 1.16. The fraction of sp³-hybridized carbons (Fsp3) is 0. The van der Waals surface area contributed by atoms with E-state index >= 15 is 0 Å². The Morgan fingerprint density at radius 3 is 1.67 bits per heavy atom. The van der Waals surface area contributed by atoms with Gasteiger partial charge in [-0.25, -0.2) is 8.78 Å². The Morgan fingerprint density at radius 1 is 0.733 bits per heavy atom. The van der Waals surface area contributed by atoms with Gasteiger partial charge in [-0.2, -0.15) is 0 Å². The van der Waals surface area contributed by atoms with Crippen LogP contribution in [0.3, 0.4) is 0 Å². The van der Waals surface area contributed by atoms with Gasteiger partial charge >= 0.3 is 0 Å². The predicted molar refractivity (Wildman–Crippen MR) is 59.2 cm³/mol. The van der Waals surface area contributed by atoms with Crippen LogP contribution in [0.1, 0.15) is 0 Å². The van der Waals surface area contributed by atoms with Gasteiger partial charge in [0.1, 0.15) is 11.6 Å². The maximum absolute atomic E-state index is 13.4. The zero-order valence-corrected chi connectivity index (χ0v) is 8.44. The number of benzene rings is 2. The third kappa shape index (κ3) is 1.16. The molecule has 74 valence electrons. The highest BCUT2D eigenvalue weighted by molar-refractivity contribution is 7.25. The molecule has 0 radical (unpaired) electrons. The van der Waals surface area contributed by atoms with Gasteiger partial charge in [0.2, 0.25) is 0 Å². The second kappa shape index (κ2) is 3.00. The van der Waals surface area contributed by atoms with Crippen molar-refractivity contribution in [1.82, 2.24) is 0 Å². The Hall–Kier alpha value is -1.48. The molecule has 15 heavy (non-hydrogen) atoms. The van der Waals surface area contributed by atoms with E-state index in [-0.39, 0.29) is 11.6 Å². The van der Waals surface area contributed by atoms with E-state index in [4.69, 9.17) is 0 Å². The summed E-state index contributed by atoms with van der Waals surface area (Å²) < 4.78 is 27.9. The van der Waals surface area contributed by atoms with Crippen molar-refractivity contribution >= 4 is 31.5 Å². The molecular formula is C12H6F2S. The quantitative estimate of drug-likeness (QED) is 0.529. The summed E-state index contributed by atoms with van der Waals surface area (Å²) in [6.07, 6.45) is 0. The topological polar surface area (TPSA) is 0 Å². The highest BCUT2D eigenvalue weighted by Crippen LogP contribution is 2.36. The minimum Gasteiger partial charge on any atom is -0.205 e. The lowest BCUT2D eigenvalue weighted by Crippen LogP contribution is -1.72. The van der Waals surface area contributed by atoms with E-state index in [1.165, 1.54) is 12.1 Å². The van der Waals surface area contributed by atoms with Crippen molar-refractivity contribution in [2.75, 3.05) is 0 Å². The maximum atomic E-state index is 13.4. The summed E-state index contributed by atoms with van der Waals surface area (Å²) in [5, 5.41) is 1.57. The van der Waals surface area contributed by atoms with Crippen LogP contribution < -0.4 is 0 Å². The van der Waals surface area contributed by atoms with E-state index < -0.39 is 0 Å². The lowest BCUT2D eigenvalue weighted by molar-refractivity contribution is 0.642. The number of thiophene rings is 1. The first-order valence-electron chi connectivity index (χ1n) is 4.52. The number of fused-ring (bicyclic) bond motifs is 3. The van der Waals surface area contributed by atoms with Crippen LogP contribution in [0, 0.1) is 11.6 Å². The Morgan fingerprint density at radius 2 is 1.20 bits per heavy atom. The largest absolute Gasteiger partial charge is 0.205 e. The van der Waals surface area contributed by atoms with Gasteiger partial charge in [0.05, 0.1) is 9.40 Å². The predicted octanol–water partition coefficient (Wildman–Crippen LogP) is 4.33. The lowest BCUT2D eigenvalue weighted by atomic mass is 10.1. The Labute approximate surface area is 88.8 Å². The molecule has 3 heteroatoms. The van der Waals surface area contributed by atoms with E-state index in [1.54, 1.807) is 12.1 Å². The molecule has 0 N–H and O–H groups in total. The molecule has 0 saturated carbocycles. The molecule has 0 bridgehead atoms. The Kier molecular flexibility index (Phi) is 1.76. The maximum Gasteiger partial charge on any atom is 0.141 e. The number of hydrogen-bond acceptors (Lipinski definition) is 1. The van der Waals surface area contributed by atoms with Crippen LogP contribution in [0.5, 0.6) is 0 Å². The summed E-state index contributed by atoms with van der Waals surface area (Å²) in [4.78, 5) is 0. The normalized spacial score (nSPS) is 11.3. The Bertz CT molecular complexity index is 599. The van der Waals surface area contributed by atoms with Gasteiger partial charge < -0.3 is 0 Å². The summed E-state index contributed by atoms with van der Waals surface area (Å²) in [7, 11) is 0. The zero-order chi connectivity index (χ0) is 10.4. The van der Waals surface area contributed by atoms with Crippen molar-refractivity contribution in [3.63, 3.8) is 0 Å². The second-order valence-electron chi connectivity index (χ2n) is 3.34. The van der Waals surface area contributed by atoms with Gasteiger partial charge in [-0.3, -0.25) is 0 Å². The standard InChI is InChI=1S/C12H6F2S/c13-9-5-1-3-7-8-4-2-6-10(14)12(8)15-11(7)9/h1-6H. The zero-order valence-electron chi connectivity index (χ0n) is 7.63. The van der Waals surface area contributed by atoms with Gasteiger partial charge in [0.25, 0.3) is 0 Å². The molecule has 2 aromatic carbocycles. The fourth-order valence-corrected chi connectivity index (χ4v) is 2.86. The van der Waals surface area contributed by atoms with Crippen LogP contribution >= 0.6 is 11.3 Å². The highest BCUT2D eigenvalue weighted by Gasteiger charge is 2.10. The molecule has 0 fully saturated rings. The molecule has 0 unspecified atom stereocenters. The fourth-order valence-electron chi connectivity index (χ4n) is 1.75. The summed E-state index contributed by atoms with van der Waals surface area (Å²) in [5.74, 6) is -0.568. The molecule has 3 rings (SSSR count). The van der Waals surface area contributed by atoms with E-state index in [1.807, 2.05) is 12.1 Å². The van der Waals surface area contributed by atoms with Gasteiger partial charge in [-0.15, -0.1) is 11.3 Å². The molecule has 0 aliphatic carbocycles. The molecule has 0 aliphatic rings. The average molecular weight is 220 g/mol. The molecule has 0 spiro atoms. The molecular weight excluding hydrogens is 214 g/mol. The van der Waals surface area contributed by atoms with Crippen molar-refractivity contribution in [3.05, 3.63) is 48.0 Å². The third-order valence-electron chi connectivity index (χ3n) is 2.43. The summed E-state index contributed by atoms with van der Waals surface area (Å²) in [6.45, 7) is 0. The van der Waals surface area contributed by atoms with Crippen LogP contribution in [0.25, 0.3) is 20.2 Å². The molecule has 0 amide bonds. The minimum absolute atomic E-state index is 0.284. The van der Waals surface area contributed by atoms with Gasteiger partial charge in [0, 0.05) is 10.8 Å². The van der Waals surface area contributed by atoms with Gasteiger partial charge in [-0.05, 0) is 12.1 Å². The first-order chi connectivity index (χ1) is 7.27. The van der Waals surface area contributed by atoms with Crippen LogP contribution in [0.2, 0.25) is 0 Å². The van der Waals surface area contributed by atoms with Crippen LogP contribution in [0.4, 0.5) is 8.78 Å². The van der Waals surface area contributed by atoms with Crippen LogP contribution in [-0.4, -0.2) is 0 Å². The van der Waals surface area contributed by atoms with Crippen molar-refractivity contribution in [2.24, 2.45) is 0 Å². The van der Waals surface area contributed by atoms with Gasteiger partial charge in [0.15, 0.2) is 0 Å². The van der Waals surface area contributed by atoms with Crippen molar-refractivity contribution < 1.29 is 8.78 Å². The first-order valence-corrected chi connectivity index (χ1v) is 5.34. The summed E-state index contributed by atoms with van der Waals surface area (Å²) in [6, 6.07) is 9.72. The van der Waals surface area contributed by atoms with E-state index in [2.05, 4.69) is 0 Å². The molecule has 0 aliphatic heterocycles. The minimum atomic E-state index is -0.284. The van der Waals surface area contributed by atoms with Crippen molar-refractivity contribution in [3.8, 4) is 0 Å². The van der Waals surface area contributed by atoms with E-state index in [0.717, 1.165) is 22.1 Å². The van der Waals surface area contributed by atoms with Crippen LogP contribution in [0.15, 0.2) is 36.4 Å². The van der Waals surface area contributed by atoms with Crippen LogP contribution in [-0.2, 0) is 0 Å². The van der Waals surface area contributed by atoms with Crippen molar-refractivity contribution in [2.45, 2.75) is 0 Å². The van der Waals surface area contributed by atoms with E-state index in [0.29, 0.717) is 9.40 Å². The molecule has 3 aromatic rings. The second-order valence-corrected chi connectivity index (χ2v) is 4.36. The average Bonchev–Trinajstić information content (AvgIpc) is 2.60. The third-order valence-corrected chi connectivity index (χ3v) is 3.67. The molecule has 0 nitrogen and oxygen atoms in total. The SMILES string of the molecule is Fc1cccc2c1sc1c(F)cccc12. The lowest BCUT2D eigenvalue weighted by Gasteiger charge is -1.91. The monoisotopic (exact) mass is 220 g/mol. The smallest absolute Gasteiger partial charge is 0.141 e.